The summed E-state index contributed by atoms with van der Waals surface area (Å²) in [5.41, 5.74) is 0. The molecule has 0 aromatic heterocycles. The van der Waals surface area contributed by atoms with Gasteiger partial charge in [-0.3, -0.25) is 20.4 Å². The van der Waals surface area contributed by atoms with Crippen LogP contribution in [0.25, 0.3) is 0 Å². The van der Waals surface area contributed by atoms with Crippen molar-refractivity contribution in [3.05, 3.63) is 5.92 Å². The second-order valence-corrected chi connectivity index (χ2v) is 4.08. The Morgan fingerprint density at radius 3 is 1.32 bits per heavy atom. The number of hydrogen-bond donors (Lipinski definition) is 0. The molecule has 0 saturated carbocycles. The van der Waals surface area contributed by atoms with E-state index in [4.69, 9.17) is 14.4 Å². The van der Waals surface area contributed by atoms with Gasteiger partial charge in [-0.2, -0.15) is 20.3 Å². The fraction of sp³-hybridized carbons (Fsp3) is 0.733. The Balaban J connectivity index is -0.0000000816. The van der Waals surface area contributed by atoms with E-state index in [1.807, 2.05) is 0 Å². The molecule has 0 atom stereocenters. The molecular weight excluding hydrogens is 329 g/mol. The molecule has 0 aliphatic heterocycles. The van der Waals surface area contributed by atoms with Crippen LogP contribution in [0.15, 0.2) is 0 Å². The zero-order valence-corrected chi connectivity index (χ0v) is 14.2. The monoisotopic (exact) mass is 358 g/mol. The first-order valence-electron chi connectivity index (χ1n) is 6.27. The number of rotatable bonds is 8. The van der Waals surface area contributed by atoms with Gasteiger partial charge in [0.1, 0.15) is 0 Å². The quantitative estimate of drug-likeness (QED) is 0.286. The first-order chi connectivity index (χ1) is 8.77. The third-order valence-electron chi connectivity index (χ3n) is 2.28. The molecule has 0 aliphatic rings. The minimum absolute atomic E-state index is 0. The van der Waals surface area contributed by atoms with Crippen LogP contribution in [-0.4, -0.2) is 20.4 Å². The summed E-state index contributed by atoms with van der Waals surface area (Å²) in [4.78, 5) is 23.2. The molecule has 114 valence electrons. The average molecular weight is 357 g/mol. The van der Waals surface area contributed by atoms with Gasteiger partial charge in [-0.1, -0.05) is 51.9 Å². The first-order valence-corrected chi connectivity index (χ1v) is 6.27. The normalized spacial score (nSPS) is 7.58. The van der Waals surface area contributed by atoms with Crippen molar-refractivity contribution in [1.82, 2.24) is 0 Å². The van der Waals surface area contributed by atoms with Crippen molar-refractivity contribution in [2.45, 2.75) is 72.1 Å². The molecule has 0 spiro atoms. The zero-order valence-electron chi connectivity index (χ0n) is 12.5. The molecule has 0 saturated heterocycles. The van der Waals surface area contributed by atoms with Gasteiger partial charge in [-0.25, -0.2) is 0 Å². The van der Waals surface area contributed by atoms with Gasteiger partial charge in [0, 0.05) is 0 Å². The van der Waals surface area contributed by atoms with Gasteiger partial charge < -0.3 is 20.3 Å². The fourth-order valence-corrected chi connectivity index (χ4v) is 1.44. The molecule has 0 rings (SSSR count). The Hall–Kier alpha value is -0.367. The van der Waals surface area contributed by atoms with Gasteiger partial charge in [-0.15, -0.1) is 0 Å². The Labute approximate surface area is 132 Å². The van der Waals surface area contributed by atoms with Gasteiger partial charge in [0.15, 0.2) is 0 Å². The maximum Gasteiger partial charge on any atom is 4.00 e. The predicted octanol–water partition coefficient (Wildman–Crippen LogP) is 3.92. The Bertz CT molecular complexity index is 117. The molecule has 0 aliphatic carbocycles. The van der Waals surface area contributed by atoms with Crippen LogP contribution in [0.2, 0.25) is 0 Å². The van der Waals surface area contributed by atoms with Gasteiger partial charge in [0.25, 0.3) is 0 Å². The van der Waals surface area contributed by atoms with Gasteiger partial charge in [0.2, 0.25) is 0 Å². The Morgan fingerprint density at radius 1 is 0.684 bits per heavy atom. The molecule has 0 bridgehead atoms. The van der Waals surface area contributed by atoms with Crippen LogP contribution in [-0.2, 0) is 33.9 Å². The molecule has 0 heterocycles. The summed E-state index contributed by atoms with van der Waals surface area (Å²) in [6, 6.07) is 0. The van der Waals surface area contributed by atoms with E-state index in [1.54, 1.807) is 5.92 Å². The smallest absolute Gasteiger partial charge is 0.545 e. The van der Waals surface area contributed by atoms with E-state index in [0.29, 0.717) is 0 Å². The van der Waals surface area contributed by atoms with E-state index >= 15 is 0 Å². The van der Waals surface area contributed by atoms with Crippen LogP contribution in [0.5, 0.6) is 0 Å². The third-order valence-corrected chi connectivity index (χ3v) is 2.28. The summed E-state index contributed by atoms with van der Waals surface area (Å²) in [6.45, 7) is 16.5. The first kappa shape index (κ1) is 31.2. The van der Waals surface area contributed by atoms with Crippen molar-refractivity contribution in [2.75, 3.05) is 0 Å². The van der Waals surface area contributed by atoms with Crippen molar-refractivity contribution in [2.24, 2.45) is 0 Å². The second kappa shape index (κ2) is 43.1. The zero-order chi connectivity index (χ0) is 15.2. The van der Waals surface area contributed by atoms with Crippen molar-refractivity contribution < 1.29 is 33.9 Å². The minimum atomic E-state index is 0. The molecule has 0 aromatic rings. The molecule has 0 amide bonds. The van der Waals surface area contributed by atoms with Crippen molar-refractivity contribution in [1.29, 1.82) is 0 Å². The Morgan fingerprint density at radius 2 is 1.00 bits per heavy atom. The predicted molar refractivity (Wildman–Crippen MR) is 77.5 cm³/mol. The second-order valence-electron chi connectivity index (χ2n) is 4.08. The van der Waals surface area contributed by atoms with E-state index in [9.17, 15) is 0 Å². The van der Waals surface area contributed by atoms with Crippen LogP contribution in [0.1, 0.15) is 72.1 Å². The van der Waals surface area contributed by atoms with E-state index in [2.05, 4.69) is 41.1 Å². The van der Waals surface area contributed by atoms with Gasteiger partial charge in [-0.05, 0) is 0 Å². The fourth-order valence-electron chi connectivity index (χ4n) is 1.44. The number of hydrogen-bond acceptors (Lipinski definition) is 3. The molecule has 0 unspecified atom stereocenters. The van der Waals surface area contributed by atoms with Crippen molar-refractivity contribution in [3.8, 4) is 0 Å². The topological polar surface area (TPSA) is 51.2 Å². The van der Waals surface area contributed by atoms with Crippen LogP contribution < -0.4 is 0 Å². The van der Waals surface area contributed by atoms with Crippen molar-refractivity contribution in [3.63, 3.8) is 0 Å². The molecular formula is C15H28O3Ru. The van der Waals surface area contributed by atoms with E-state index in [0.717, 1.165) is 0 Å². The van der Waals surface area contributed by atoms with E-state index in [-0.39, 0.29) is 19.5 Å². The Kier molecular flexibility index (Phi) is 70.8. The van der Waals surface area contributed by atoms with Gasteiger partial charge >= 0.3 is 19.5 Å². The molecule has 0 N–H and O–H groups in total. The molecule has 0 aromatic carbocycles. The van der Waals surface area contributed by atoms with Crippen LogP contribution >= 0.6 is 0 Å². The summed E-state index contributed by atoms with van der Waals surface area (Å²) >= 11 is 0. The van der Waals surface area contributed by atoms with E-state index < -0.39 is 0 Å². The van der Waals surface area contributed by atoms with Gasteiger partial charge in [0.05, 0.1) is 0 Å². The standard InChI is InChI=1S/C12H25.3CHO.Ru/c1-4-5-6-7-8-9-10-11-12(2)3;3*1-2;/h4-11H2,1-3H3;3*1H;/q4*-1;+4. The summed E-state index contributed by atoms with van der Waals surface area (Å²) in [7, 11) is 0. The summed E-state index contributed by atoms with van der Waals surface area (Å²) in [5, 5.41) is 0. The third kappa shape index (κ3) is 57.8. The van der Waals surface area contributed by atoms with Crippen molar-refractivity contribution >= 4 is 20.4 Å². The summed E-state index contributed by atoms with van der Waals surface area (Å²) < 4.78 is 0. The number of carbonyl (C=O) groups excluding carboxylic acids is 3. The SMILES string of the molecule is CCCCCCCCC[C-](C)C.[CH-]=O.[CH-]=O.[CH-]=O.[Ru+4]. The molecule has 4 heteroatoms. The summed E-state index contributed by atoms with van der Waals surface area (Å²) in [5.74, 6) is 1.59. The average Bonchev–Trinajstić information content (AvgIpc) is 2.44. The maximum atomic E-state index is 7.75. The molecule has 3 nitrogen and oxygen atoms in total. The molecule has 19 heavy (non-hydrogen) atoms. The van der Waals surface area contributed by atoms with E-state index in [1.165, 1.54) is 51.4 Å². The molecule has 0 fully saturated rings. The number of unbranched alkanes of at least 4 members (excludes halogenated alkanes) is 6. The summed E-state index contributed by atoms with van der Waals surface area (Å²) in [6.07, 6.45) is 11.3. The largest absolute Gasteiger partial charge is 4.00 e. The minimum Gasteiger partial charge on any atom is -0.545 e. The maximum absolute atomic E-state index is 7.75. The van der Waals surface area contributed by atoms with Crippen LogP contribution in [0, 0.1) is 5.92 Å². The van der Waals surface area contributed by atoms with Crippen LogP contribution in [0.3, 0.4) is 0 Å². The molecule has 0 radical (unpaired) electrons. The van der Waals surface area contributed by atoms with Crippen LogP contribution in [0.4, 0.5) is 0 Å².